The molecule has 1 aliphatic rings. The summed E-state index contributed by atoms with van der Waals surface area (Å²) in [6.07, 6.45) is 3.06. The first kappa shape index (κ1) is 12.5. The SMILES string of the molecule is CC(C)(C)CC(CN)C(=O)NC1(C)CC1. The molecule has 1 saturated carbocycles. The Kier molecular flexibility index (Phi) is 3.44. The van der Waals surface area contributed by atoms with Gasteiger partial charge in [-0.05, 0) is 31.6 Å². The van der Waals surface area contributed by atoms with E-state index in [1.165, 1.54) is 0 Å². The van der Waals surface area contributed by atoms with E-state index in [4.69, 9.17) is 5.73 Å². The average Bonchev–Trinajstić information content (AvgIpc) is 2.77. The van der Waals surface area contributed by atoms with Crippen molar-refractivity contribution in [3.05, 3.63) is 0 Å². The standard InChI is InChI=1S/C12H24N2O/c1-11(2,3)7-9(8-13)10(15)14-12(4)5-6-12/h9H,5-8,13H2,1-4H3,(H,14,15). The van der Waals surface area contributed by atoms with Gasteiger partial charge in [0.1, 0.15) is 0 Å². The van der Waals surface area contributed by atoms with Crippen molar-refractivity contribution < 1.29 is 4.79 Å². The minimum Gasteiger partial charge on any atom is -0.351 e. The van der Waals surface area contributed by atoms with Gasteiger partial charge in [0.05, 0.1) is 5.92 Å². The van der Waals surface area contributed by atoms with Gasteiger partial charge in [0.25, 0.3) is 0 Å². The molecule has 3 nitrogen and oxygen atoms in total. The van der Waals surface area contributed by atoms with Crippen LogP contribution in [0, 0.1) is 11.3 Å². The van der Waals surface area contributed by atoms with Gasteiger partial charge in [-0.2, -0.15) is 0 Å². The Labute approximate surface area is 92.8 Å². The van der Waals surface area contributed by atoms with E-state index in [0.29, 0.717) is 6.54 Å². The minimum absolute atomic E-state index is 0.0394. The number of nitrogens with one attached hydrogen (secondary N) is 1. The van der Waals surface area contributed by atoms with Crippen LogP contribution in [-0.2, 0) is 4.79 Å². The van der Waals surface area contributed by atoms with Gasteiger partial charge in [0.2, 0.25) is 5.91 Å². The monoisotopic (exact) mass is 212 g/mol. The molecule has 0 aliphatic heterocycles. The Morgan fingerprint density at radius 1 is 1.47 bits per heavy atom. The summed E-state index contributed by atoms with van der Waals surface area (Å²) in [5.41, 5.74) is 5.89. The number of amides is 1. The summed E-state index contributed by atoms with van der Waals surface area (Å²) in [5, 5.41) is 3.08. The predicted molar refractivity (Wildman–Crippen MR) is 62.4 cm³/mol. The predicted octanol–water partition coefficient (Wildman–Crippen LogP) is 1.67. The molecule has 1 rings (SSSR count). The molecular formula is C12H24N2O. The van der Waals surface area contributed by atoms with Crippen LogP contribution in [0.2, 0.25) is 0 Å². The maximum absolute atomic E-state index is 11.9. The summed E-state index contributed by atoms with van der Waals surface area (Å²) >= 11 is 0. The zero-order valence-corrected chi connectivity index (χ0v) is 10.4. The van der Waals surface area contributed by atoms with Gasteiger partial charge >= 0.3 is 0 Å². The second kappa shape index (κ2) is 4.12. The normalized spacial score (nSPS) is 20.9. The molecule has 0 aromatic carbocycles. The Hall–Kier alpha value is -0.570. The second-order valence-electron chi connectivity index (χ2n) is 6.25. The van der Waals surface area contributed by atoms with Crippen LogP contribution in [0.1, 0.15) is 47.0 Å². The van der Waals surface area contributed by atoms with Crippen LogP contribution < -0.4 is 11.1 Å². The first-order valence-electron chi connectivity index (χ1n) is 5.78. The Morgan fingerprint density at radius 3 is 2.33 bits per heavy atom. The lowest BCUT2D eigenvalue weighted by Gasteiger charge is -2.25. The zero-order valence-electron chi connectivity index (χ0n) is 10.4. The number of nitrogens with two attached hydrogens (primary N) is 1. The van der Waals surface area contributed by atoms with Crippen molar-refractivity contribution >= 4 is 5.91 Å². The number of hydrogen-bond donors (Lipinski definition) is 2. The molecule has 3 N–H and O–H groups in total. The van der Waals surface area contributed by atoms with Gasteiger partial charge in [0, 0.05) is 12.1 Å². The first-order chi connectivity index (χ1) is 6.76. The minimum atomic E-state index is -0.0394. The largest absolute Gasteiger partial charge is 0.351 e. The van der Waals surface area contributed by atoms with Crippen molar-refractivity contribution in [3.8, 4) is 0 Å². The summed E-state index contributed by atoms with van der Waals surface area (Å²) in [5.74, 6) is 0.0925. The zero-order chi connectivity index (χ0) is 11.7. The van der Waals surface area contributed by atoms with Crippen LogP contribution in [0.4, 0.5) is 0 Å². The van der Waals surface area contributed by atoms with Gasteiger partial charge < -0.3 is 11.1 Å². The molecule has 0 heterocycles. The number of hydrogen-bond acceptors (Lipinski definition) is 2. The lowest BCUT2D eigenvalue weighted by atomic mass is 9.84. The van der Waals surface area contributed by atoms with Crippen molar-refractivity contribution in [2.24, 2.45) is 17.1 Å². The quantitative estimate of drug-likeness (QED) is 0.744. The van der Waals surface area contributed by atoms with Gasteiger partial charge in [-0.15, -0.1) is 0 Å². The molecule has 0 saturated heterocycles. The fourth-order valence-electron chi connectivity index (χ4n) is 1.73. The van der Waals surface area contributed by atoms with Crippen molar-refractivity contribution in [3.63, 3.8) is 0 Å². The highest BCUT2D eigenvalue weighted by atomic mass is 16.2. The second-order valence-corrected chi connectivity index (χ2v) is 6.25. The summed E-state index contributed by atoms with van der Waals surface area (Å²) in [6.45, 7) is 8.96. The van der Waals surface area contributed by atoms with E-state index < -0.39 is 0 Å². The molecular weight excluding hydrogens is 188 g/mol. The Morgan fingerprint density at radius 2 is 2.00 bits per heavy atom. The van der Waals surface area contributed by atoms with Gasteiger partial charge in [-0.25, -0.2) is 0 Å². The van der Waals surface area contributed by atoms with Crippen LogP contribution >= 0.6 is 0 Å². The lowest BCUT2D eigenvalue weighted by molar-refractivity contribution is -0.126. The van der Waals surface area contributed by atoms with E-state index in [1.807, 2.05) is 0 Å². The van der Waals surface area contributed by atoms with Crippen molar-refractivity contribution in [1.29, 1.82) is 0 Å². The molecule has 1 atom stereocenters. The lowest BCUT2D eigenvalue weighted by Crippen LogP contribution is -2.42. The molecule has 0 aromatic rings. The van der Waals surface area contributed by atoms with Crippen LogP contribution in [0.5, 0.6) is 0 Å². The molecule has 0 radical (unpaired) electrons. The third-order valence-electron chi connectivity index (χ3n) is 2.94. The molecule has 15 heavy (non-hydrogen) atoms. The van der Waals surface area contributed by atoms with E-state index in [0.717, 1.165) is 19.3 Å². The average molecular weight is 212 g/mol. The first-order valence-corrected chi connectivity index (χ1v) is 5.78. The van der Waals surface area contributed by atoms with Crippen molar-refractivity contribution in [1.82, 2.24) is 5.32 Å². The third-order valence-corrected chi connectivity index (χ3v) is 2.94. The molecule has 0 bridgehead atoms. The number of rotatable bonds is 4. The van der Waals surface area contributed by atoms with E-state index in [-0.39, 0.29) is 22.8 Å². The van der Waals surface area contributed by atoms with Crippen molar-refractivity contribution in [2.75, 3.05) is 6.54 Å². The van der Waals surface area contributed by atoms with Crippen LogP contribution in [0.25, 0.3) is 0 Å². The van der Waals surface area contributed by atoms with E-state index in [2.05, 4.69) is 33.0 Å². The summed E-state index contributed by atoms with van der Waals surface area (Å²) in [4.78, 5) is 11.9. The smallest absolute Gasteiger partial charge is 0.224 e. The topological polar surface area (TPSA) is 55.1 Å². The molecule has 1 unspecified atom stereocenters. The summed E-state index contributed by atoms with van der Waals surface area (Å²) in [7, 11) is 0. The van der Waals surface area contributed by atoms with E-state index >= 15 is 0 Å². The highest BCUT2D eigenvalue weighted by molar-refractivity contribution is 5.80. The highest BCUT2D eigenvalue weighted by Gasteiger charge is 2.40. The fourth-order valence-corrected chi connectivity index (χ4v) is 1.73. The van der Waals surface area contributed by atoms with Gasteiger partial charge in [-0.1, -0.05) is 20.8 Å². The fraction of sp³-hybridized carbons (Fsp3) is 0.917. The molecule has 3 heteroatoms. The molecule has 0 aromatic heterocycles. The molecule has 1 aliphatic carbocycles. The van der Waals surface area contributed by atoms with E-state index in [9.17, 15) is 4.79 Å². The summed E-state index contributed by atoms with van der Waals surface area (Å²) < 4.78 is 0. The number of carbonyl (C=O) groups is 1. The van der Waals surface area contributed by atoms with Crippen LogP contribution in [0.3, 0.4) is 0 Å². The highest BCUT2D eigenvalue weighted by Crippen LogP contribution is 2.35. The Balaban J connectivity index is 2.47. The molecule has 88 valence electrons. The molecule has 0 spiro atoms. The maximum atomic E-state index is 11.9. The third kappa shape index (κ3) is 4.20. The summed E-state index contributed by atoms with van der Waals surface area (Å²) in [6, 6.07) is 0. The van der Waals surface area contributed by atoms with Crippen LogP contribution in [-0.4, -0.2) is 18.0 Å². The molecule has 1 amide bonds. The van der Waals surface area contributed by atoms with Gasteiger partial charge in [-0.3, -0.25) is 4.79 Å². The van der Waals surface area contributed by atoms with E-state index in [1.54, 1.807) is 0 Å². The van der Waals surface area contributed by atoms with Gasteiger partial charge in [0.15, 0.2) is 0 Å². The molecule has 1 fully saturated rings. The maximum Gasteiger partial charge on any atom is 0.224 e. The number of carbonyl (C=O) groups excluding carboxylic acids is 1. The van der Waals surface area contributed by atoms with Crippen LogP contribution in [0.15, 0.2) is 0 Å². The van der Waals surface area contributed by atoms with Crippen molar-refractivity contribution in [2.45, 2.75) is 52.5 Å². The Bertz CT molecular complexity index is 238.